The molecule has 0 unspecified atom stereocenters. The number of aromatic amines is 1. The number of esters is 1. The molecule has 0 aromatic carbocycles. The van der Waals surface area contributed by atoms with Gasteiger partial charge in [0.2, 0.25) is 0 Å². The summed E-state index contributed by atoms with van der Waals surface area (Å²) in [4.78, 5) is 23.5. The highest BCUT2D eigenvalue weighted by atomic mass is 16.5. The minimum Gasteiger partial charge on any atom is -0.467 e. The number of H-pyrrole nitrogens is 1. The van der Waals surface area contributed by atoms with Gasteiger partial charge in [-0.1, -0.05) is 0 Å². The summed E-state index contributed by atoms with van der Waals surface area (Å²) in [5.41, 5.74) is -0.389. The molecule has 0 aliphatic carbocycles. The third-order valence-electron chi connectivity index (χ3n) is 2.72. The zero-order valence-corrected chi connectivity index (χ0v) is 11.4. The van der Waals surface area contributed by atoms with E-state index in [-0.39, 0.29) is 5.69 Å². The Morgan fingerprint density at radius 2 is 2.20 bits per heavy atom. The molecule has 2 aromatic rings. The number of methoxy groups -OCH3 is 1. The van der Waals surface area contributed by atoms with Crippen molar-refractivity contribution in [2.75, 3.05) is 7.11 Å². The van der Waals surface area contributed by atoms with Crippen molar-refractivity contribution in [3.05, 3.63) is 30.2 Å². The van der Waals surface area contributed by atoms with Crippen LogP contribution in [0.2, 0.25) is 0 Å². The average Bonchev–Trinajstić information content (AvgIpc) is 3.07. The van der Waals surface area contributed by atoms with Gasteiger partial charge >= 0.3 is 5.97 Å². The molecule has 7 heteroatoms. The summed E-state index contributed by atoms with van der Waals surface area (Å²) < 4.78 is 9.81. The number of nitrogens with one attached hydrogen (secondary N) is 2. The lowest BCUT2D eigenvalue weighted by Crippen LogP contribution is -2.50. The van der Waals surface area contributed by atoms with Crippen LogP contribution in [0.4, 0.5) is 0 Å². The molecule has 0 bridgehead atoms. The summed E-state index contributed by atoms with van der Waals surface area (Å²) in [6.07, 6.45) is 1.52. The molecule has 0 saturated carbocycles. The van der Waals surface area contributed by atoms with Crippen molar-refractivity contribution in [1.29, 1.82) is 0 Å². The summed E-state index contributed by atoms with van der Waals surface area (Å²) in [5, 5.41) is 9.14. The molecule has 1 amide bonds. The quantitative estimate of drug-likeness (QED) is 0.822. The second-order valence-electron chi connectivity index (χ2n) is 4.71. The van der Waals surface area contributed by atoms with Crippen LogP contribution in [0.5, 0.6) is 0 Å². The SMILES string of the molecule is COC(=O)C(C)(C)NC(=O)c1cc(-c2ccco2)[nH]n1. The number of aromatic nitrogens is 2. The molecule has 20 heavy (non-hydrogen) atoms. The summed E-state index contributed by atoms with van der Waals surface area (Å²) in [7, 11) is 1.26. The van der Waals surface area contributed by atoms with Crippen molar-refractivity contribution in [2.45, 2.75) is 19.4 Å². The van der Waals surface area contributed by atoms with Crippen LogP contribution in [-0.2, 0) is 9.53 Å². The predicted molar refractivity (Wildman–Crippen MR) is 69.9 cm³/mol. The molecule has 2 heterocycles. The van der Waals surface area contributed by atoms with Crippen molar-refractivity contribution < 1.29 is 18.7 Å². The smallest absolute Gasteiger partial charge is 0.330 e. The normalized spacial score (nSPS) is 11.2. The fraction of sp³-hybridized carbons (Fsp3) is 0.308. The van der Waals surface area contributed by atoms with Crippen LogP contribution in [0.3, 0.4) is 0 Å². The van der Waals surface area contributed by atoms with Crippen LogP contribution in [0.1, 0.15) is 24.3 Å². The number of nitrogens with zero attached hydrogens (tertiary/aromatic N) is 1. The highest BCUT2D eigenvalue weighted by molar-refractivity contribution is 5.97. The molecule has 0 radical (unpaired) electrons. The Labute approximate surface area is 115 Å². The van der Waals surface area contributed by atoms with Crippen LogP contribution in [0.25, 0.3) is 11.5 Å². The second-order valence-corrected chi connectivity index (χ2v) is 4.71. The summed E-state index contributed by atoms with van der Waals surface area (Å²) >= 11 is 0. The first-order valence-corrected chi connectivity index (χ1v) is 5.94. The summed E-state index contributed by atoms with van der Waals surface area (Å²) in [6, 6.07) is 5.02. The maximum absolute atomic E-state index is 12.0. The van der Waals surface area contributed by atoms with Crippen LogP contribution in [0.15, 0.2) is 28.9 Å². The van der Waals surface area contributed by atoms with Crippen molar-refractivity contribution in [3.63, 3.8) is 0 Å². The molecule has 0 aliphatic rings. The topological polar surface area (TPSA) is 97.2 Å². The van der Waals surface area contributed by atoms with Crippen LogP contribution in [0, 0.1) is 0 Å². The van der Waals surface area contributed by atoms with E-state index in [1.807, 2.05) is 0 Å². The molecule has 106 valence electrons. The van der Waals surface area contributed by atoms with Gasteiger partial charge in [0.05, 0.1) is 13.4 Å². The lowest BCUT2D eigenvalue weighted by Gasteiger charge is -2.22. The summed E-state index contributed by atoms with van der Waals surface area (Å²) in [6.45, 7) is 3.10. The van der Waals surface area contributed by atoms with E-state index in [0.717, 1.165) is 0 Å². The number of amides is 1. The fourth-order valence-electron chi connectivity index (χ4n) is 1.65. The van der Waals surface area contributed by atoms with E-state index < -0.39 is 17.4 Å². The van der Waals surface area contributed by atoms with E-state index >= 15 is 0 Å². The minimum atomic E-state index is -1.13. The third kappa shape index (κ3) is 2.71. The zero-order chi connectivity index (χ0) is 14.8. The largest absolute Gasteiger partial charge is 0.467 e. The Bertz CT molecular complexity index is 613. The molecular weight excluding hydrogens is 262 g/mol. The number of carbonyl (C=O) groups is 2. The molecule has 2 aromatic heterocycles. The maximum Gasteiger partial charge on any atom is 0.330 e. The molecule has 0 saturated heterocycles. The Morgan fingerprint density at radius 3 is 2.80 bits per heavy atom. The first-order chi connectivity index (χ1) is 9.44. The highest BCUT2D eigenvalue weighted by Gasteiger charge is 2.31. The number of ether oxygens (including phenoxy) is 1. The van der Waals surface area contributed by atoms with E-state index in [4.69, 9.17) is 4.42 Å². The molecule has 2 N–H and O–H groups in total. The minimum absolute atomic E-state index is 0.161. The third-order valence-corrected chi connectivity index (χ3v) is 2.72. The van der Waals surface area contributed by atoms with Crippen molar-refractivity contribution in [1.82, 2.24) is 15.5 Å². The van der Waals surface area contributed by atoms with Crippen LogP contribution < -0.4 is 5.32 Å². The van der Waals surface area contributed by atoms with Crippen LogP contribution in [-0.4, -0.2) is 34.7 Å². The molecule has 0 atom stereocenters. The van der Waals surface area contributed by atoms with Gasteiger partial charge in [0.15, 0.2) is 11.5 Å². The van der Waals surface area contributed by atoms with Crippen LogP contribution >= 0.6 is 0 Å². The first-order valence-electron chi connectivity index (χ1n) is 5.94. The lowest BCUT2D eigenvalue weighted by molar-refractivity contribution is -0.146. The first kappa shape index (κ1) is 13.9. The molecule has 0 aliphatic heterocycles. The van der Waals surface area contributed by atoms with Crippen molar-refractivity contribution >= 4 is 11.9 Å². The Balaban J connectivity index is 2.13. The van der Waals surface area contributed by atoms with E-state index in [1.54, 1.807) is 32.0 Å². The molecule has 2 rings (SSSR count). The molecule has 0 fully saturated rings. The van der Waals surface area contributed by atoms with Crippen molar-refractivity contribution in [2.24, 2.45) is 0 Å². The molecule has 7 nitrogen and oxygen atoms in total. The Morgan fingerprint density at radius 1 is 1.45 bits per heavy atom. The number of carbonyl (C=O) groups excluding carboxylic acids is 2. The highest BCUT2D eigenvalue weighted by Crippen LogP contribution is 2.18. The van der Waals surface area contributed by atoms with E-state index in [9.17, 15) is 9.59 Å². The number of rotatable bonds is 4. The fourth-order valence-corrected chi connectivity index (χ4v) is 1.65. The van der Waals surface area contributed by atoms with Gasteiger partial charge in [-0.2, -0.15) is 5.10 Å². The number of hydrogen-bond donors (Lipinski definition) is 2. The monoisotopic (exact) mass is 277 g/mol. The average molecular weight is 277 g/mol. The number of furan rings is 1. The molecular formula is C13H15N3O4. The molecule has 0 spiro atoms. The standard InChI is InChI=1S/C13H15N3O4/c1-13(2,12(18)19-3)14-11(17)9-7-8(15-16-9)10-5-4-6-20-10/h4-7H,1-3H3,(H,14,17)(H,15,16). The van der Waals surface area contributed by atoms with Gasteiger partial charge in [0, 0.05) is 6.07 Å². The van der Waals surface area contributed by atoms with E-state index in [0.29, 0.717) is 11.5 Å². The van der Waals surface area contributed by atoms with Gasteiger partial charge in [-0.25, -0.2) is 4.79 Å². The lowest BCUT2D eigenvalue weighted by atomic mass is 10.1. The van der Waals surface area contributed by atoms with Gasteiger partial charge in [-0.15, -0.1) is 0 Å². The van der Waals surface area contributed by atoms with Gasteiger partial charge in [0.25, 0.3) is 5.91 Å². The zero-order valence-electron chi connectivity index (χ0n) is 11.4. The van der Waals surface area contributed by atoms with Gasteiger partial charge in [-0.3, -0.25) is 9.89 Å². The Hall–Kier alpha value is -2.57. The van der Waals surface area contributed by atoms with E-state index in [1.165, 1.54) is 13.4 Å². The van der Waals surface area contributed by atoms with Gasteiger partial charge in [0.1, 0.15) is 11.2 Å². The van der Waals surface area contributed by atoms with Crippen molar-refractivity contribution in [3.8, 4) is 11.5 Å². The maximum atomic E-state index is 12.0. The van der Waals surface area contributed by atoms with Gasteiger partial charge in [-0.05, 0) is 26.0 Å². The second kappa shape index (κ2) is 5.20. The van der Waals surface area contributed by atoms with Gasteiger partial charge < -0.3 is 14.5 Å². The number of hydrogen-bond acceptors (Lipinski definition) is 5. The Kier molecular flexibility index (Phi) is 3.60. The summed E-state index contributed by atoms with van der Waals surface area (Å²) in [5.74, 6) is -0.439. The predicted octanol–water partition coefficient (Wildman–Crippen LogP) is 1.35. The van der Waals surface area contributed by atoms with E-state index in [2.05, 4.69) is 20.3 Å².